The number of aromatic amines is 1. The minimum atomic E-state index is -0.564. The van der Waals surface area contributed by atoms with Gasteiger partial charge >= 0.3 is 0 Å². The van der Waals surface area contributed by atoms with Crippen molar-refractivity contribution >= 4 is 17.3 Å². The zero-order valence-corrected chi connectivity index (χ0v) is 15.1. The molecular formula is C18H18N4O5. The fraction of sp³-hybridized carbons (Fsp3) is 0.278. The van der Waals surface area contributed by atoms with Crippen LogP contribution in [0.3, 0.4) is 0 Å². The quantitative estimate of drug-likeness (QED) is 0.591. The molecule has 0 fully saturated rings. The molecule has 0 unspecified atom stereocenters. The van der Waals surface area contributed by atoms with E-state index in [4.69, 9.17) is 10.00 Å². The maximum Gasteiger partial charge on any atom is 0.271 e. The molecule has 0 saturated carbocycles. The van der Waals surface area contributed by atoms with E-state index in [-0.39, 0.29) is 29.3 Å². The molecule has 0 radical (unpaired) electrons. The molecule has 2 N–H and O–H groups in total. The average molecular weight is 370 g/mol. The normalized spacial score (nSPS) is 10.1. The van der Waals surface area contributed by atoms with Crippen molar-refractivity contribution in [1.82, 2.24) is 4.98 Å². The van der Waals surface area contributed by atoms with Crippen molar-refractivity contribution in [2.24, 2.45) is 0 Å². The van der Waals surface area contributed by atoms with E-state index in [1.807, 2.05) is 6.07 Å². The predicted octanol–water partition coefficient (Wildman–Crippen LogP) is 2.35. The minimum Gasteiger partial charge on any atom is -0.495 e. The summed E-state index contributed by atoms with van der Waals surface area (Å²) in [5.74, 6) is -0.0746. The second-order valence-corrected chi connectivity index (χ2v) is 5.86. The number of nitro benzene ring substituents is 1. The molecule has 1 amide bonds. The van der Waals surface area contributed by atoms with Gasteiger partial charge in [-0.25, -0.2) is 0 Å². The van der Waals surface area contributed by atoms with Gasteiger partial charge < -0.3 is 15.0 Å². The number of aromatic nitrogens is 1. The summed E-state index contributed by atoms with van der Waals surface area (Å²) in [6, 6.07) is 5.78. The van der Waals surface area contributed by atoms with Crippen molar-refractivity contribution < 1.29 is 14.5 Å². The first kappa shape index (κ1) is 19.7. The van der Waals surface area contributed by atoms with Gasteiger partial charge in [0.2, 0.25) is 5.91 Å². The van der Waals surface area contributed by atoms with Crippen molar-refractivity contribution in [2.75, 3.05) is 12.4 Å². The number of rotatable bonds is 6. The Hall–Kier alpha value is -3.67. The molecule has 2 aromatic rings. The number of H-pyrrole nitrogens is 1. The van der Waals surface area contributed by atoms with E-state index in [1.54, 1.807) is 13.8 Å². The van der Waals surface area contributed by atoms with Crippen LogP contribution >= 0.6 is 0 Å². The Morgan fingerprint density at radius 2 is 2.11 bits per heavy atom. The number of nitriles is 1. The summed E-state index contributed by atoms with van der Waals surface area (Å²) < 4.78 is 5.11. The number of nitro groups is 1. The third-order valence-electron chi connectivity index (χ3n) is 4.19. The number of benzene rings is 1. The summed E-state index contributed by atoms with van der Waals surface area (Å²) in [5, 5.41) is 22.6. The van der Waals surface area contributed by atoms with Gasteiger partial charge in [0, 0.05) is 24.2 Å². The number of nitrogens with zero attached hydrogens (tertiary/aromatic N) is 2. The lowest BCUT2D eigenvalue weighted by Crippen LogP contribution is -2.18. The van der Waals surface area contributed by atoms with E-state index in [1.165, 1.54) is 25.3 Å². The number of carbonyl (C=O) groups excluding carboxylic acids is 1. The maximum absolute atomic E-state index is 12.3. The van der Waals surface area contributed by atoms with Crippen LogP contribution in [0.4, 0.5) is 11.4 Å². The van der Waals surface area contributed by atoms with E-state index < -0.39 is 10.5 Å². The molecule has 0 spiro atoms. The molecule has 0 saturated heterocycles. The number of hydrogen-bond donors (Lipinski definition) is 2. The van der Waals surface area contributed by atoms with Gasteiger partial charge in [0.15, 0.2) is 0 Å². The van der Waals surface area contributed by atoms with E-state index in [0.717, 1.165) is 0 Å². The Kier molecular flexibility index (Phi) is 5.92. The summed E-state index contributed by atoms with van der Waals surface area (Å²) in [4.78, 5) is 37.0. The number of ether oxygens (including phenoxy) is 1. The molecule has 0 aliphatic heterocycles. The van der Waals surface area contributed by atoms with Gasteiger partial charge in [0.25, 0.3) is 11.2 Å². The number of methoxy groups -OCH3 is 1. The van der Waals surface area contributed by atoms with Crippen molar-refractivity contribution in [1.29, 1.82) is 5.26 Å². The number of anilines is 1. The third kappa shape index (κ3) is 4.30. The summed E-state index contributed by atoms with van der Waals surface area (Å²) in [7, 11) is 1.40. The number of nitrogens with one attached hydrogen (secondary N) is 2. The van der Waals surface area contributed by atoms with Gasteiger partial charge in [-0.1, -0.05) is 0 Å². The van der Waals surface area contributed by atoms with E-state index in [2.05, 4.69) is 10.3 Å². The van der Waals surface area contributed by atoms with Gasteiger partial charge in [0.05, 0.1) is 17.7 Å². The fourth-order valence-electron chi connectivity index (χ4n) is 2.78. The van der Waals surface area contributed by atoms with Crippen LogP contribution in [-0.4, -0.2) is 22.9 Å². The highest BCUT2D eigenvalue weighted by atomic mass is 16.6. The highest BCUT2D eigenvalue weighted by Crippen LogP contribution is 2.29. The van der Waals surface area contributed by atoms with Crippen LogP contribution in [0.25, 0.3) is 0 Å². The average Bonchev–Trinajstić information content (AvgIpc) is 2.61. The summed E-state index contributed by atoms with van der Waals surface area (Å²) in [5.41, 5.74) is 1.45. The molecule has 9 nitrogen and oxygen atoms in total. The Morgan fingerprint density at radius 3 is 2.70 bits per heavy atom. The Balaban J connectivity index is 2.19. The largest absolute Gasteiger partial charge is 0.495 e. The molecule has 0 bridgehead atoms. The Morgan fingerprint density at radius 1 is 1.41 bits per heavy atom. The molecule has 0 aliphatic rings. The third-order valence-corrected chi connectivity index (χ3v) is 4.19. The molecule has 0 atom stereocenters. The summed E-state index contributed by atoms with van der Waals surface area (Å²) >= 11 is 0. The SMILES string of the molecule is COc1ccc([N+](=O)[O-])cc1NC(=O)CCc1c(C)[nH]c(=O)c(C#N)c1C. The van der Waals surface area contributed by atoms with Crippen molar-refractivity contribution in [3.63, 3.8) is 0 Å². The van der Waals surface area contributed by atoms with Gasteiger partial charge in [-0.15, -0.1) is 0 Å². The van der Waals surface area contributed by atoms with Gasteiger partial charge in [-0.2, -0.15) is 5.26 Å². The van der Waals surface area contributed by atoms with Crippen LogP contribution in [0.1, 0.15) is 28.8 Å². The molecule has 9 heteroatoms. The van der Waals surface area contributed by atoms with E-state index in [0.29, 0.717) is 29.0 Å². The number of amides is 1. The monoisotopic (exact) mass is 370 g/mol. The first-order chi connectivity index (χ1) is 12.8. The first-order valence-corrected chi connectivity index (χ1v) is 8.03. The maximum atomic E-state index is 12.3. The zero-order valence-electron chi connectivity index (χ0n) is 15.1. The molecule has 1 aromatic carbocycles. The molecular weight excluding hydrogens is 352 g/mol. The van der Waals surface area contributed by atoms with Crippen molar-refractivity contribution in [3.8, 4) is 11.8 Å². The van der Waals surface area contributed by atoms with Crippen LogP contribution in [0, 0.1) is 35.3 Å². The lowest BCUT2D eigenvalue weighted by Gasteiger charge is -2.12. The van der Waals surface area contributed by atoms with Crippen molar-refractivity contribution in [3.05, 3.63) is 61.1 Å². The van der Waals surface area contributed by atoms with Crippen LogP contribution in [0.2, 0.25) is 0 Å². The second kappa shape index (κ2) is 8.14. The molecule has 27 heavy (non-hydrogen) atoms. The highest BCUT2D eigenvalue weighted by molar-refractivity contribution is 5.92. The molecule has 140 valence electrons. The van der Waals surface area contributed by atoms with Gasteiger partial charge in [-0.3, -0.25) is 19.7 Å². The zero-order chi connectivity index (χ0) is 20.1. The van der Waals surface area contributed by atoms with E-state index >= 15 is 0 Å². The number of pyridine rings is 1. The molecule has 2 rings (SSSR count). The molecule has 1 heterocycles. The number of non-ortho nitro benzene ring substituents is 1. The standard InChI is InChI=1S/C18H18N4O5/c1-10-13(11(2)20-18(24)14(10)9-19)5-7-17(23)21-15-8-12(22(25)26)4-6-16(15)27-3/h4,6,8H,5,7H2,1-3H3,(H,20,24)(H,21,23). The van der Waals surface area contributed by atoms with Crippen molar-refractivity contribution in [2.45, 2.75) is 26.7 Å². The number of aryl methyl sites for hydroxylation is 1. The lowest BCUT2D eigenvalue weighted by molar-refractivity contribution is -0.384. The summed E-state index contributed by atoms with van der Waals surface area (Å²) in [6.07, 6.45) is 0.358. The van der Waals surface area contributed by atoms with Crippen LogP contribution in [-0.2, 0) is 11.2 Å². The number of carbonyl (C=O) groups is 1. The molecule has 1 aromatic heterocycles. The Bertz CT molecular complexity index is 1000. The van der Waals surface area contributed by atoms with Crippen LogP contribution in [0.5, 0.6) is 5.75 Å². The van der Waals surface area contributed by atoms with Crippen LogP contribution in [0.15, 0.2) is 23.0 Å². The smallest absolute Gasteiger partial charge is 0.271 e. The van der Waals surface area contributed by atoms with Crippen LogP contribution < -0.4 is 15.6 Å². The topological polar surface area (TPSA) is 138 Å². The summed E-state index contributed by atoms with van der Waals surface area (Å²) in [6.45, 7) is 3.37. The van der Waals surface area contributed by atoms with E-state index in [9.17, 15) is 19.7 Å². The highest BCUT2D eigenvalue weighted by Gasteiger charge is 2.16. The minimum absolute atomic E-state index is 0.0244. The van der Waals surface area contributed by atoms with Gasteiger partial charge in [0.1, 0.15) is 17.4 Å². The lowest BCUT2D eigenvalue weighted by atomic mass is 9.99. The Labute approximate surface area is 154 Å². The second-order valence-electron chi connectivity index (χ2n) is 5.86. The number of hydrogen-bond acceptors (Lipinski definition) is 6. The van der Waals surface area contributed by atoms with Gasteiger partial charge in [-0.05, 0) is 37.5 Å². The predicted molar refractivity (Wildman–Crippen MR) is 97.9 cm³/mol. The molecule has 0 aliphatic carbocycles. The first-order valence-electron chi connectivity index (χ1n) is 8.03. The fourth-order valence-corrected chi connectivity index (χ4v) is 2.78.